The van der Waals surface area contributed by atoms with Crippen LogP contribution in [0.1, 0.15) is 119 Å². The number of hydrogen-bond acceptors (Lipinski definition) is 0. The Kier molecular flexibility index (Phi) is 10.9. The van der Waals surface area contributed by atoms with Crippen LogP contribution in [0.25, 0.3) is 0 Å². The van der Waals surface area contributed by atoms with Gasteiger partial charge in [0.05, 0.1) is 0 Å². The summed E-state index contributed by atoms with van der Waals surface area (Å²) in [4.78, 5) is 0. The molecule has 2 aliphatic carbocycles. The van der Waals surface area contributed by atoms with Crippen LogP contribution < -0.4 is 0 Å². The molecule has 0 saturated heterocycles. The molecule has 3 unspecified atom stereocenters. The zero-order chi connectivity index (χ0) is 26.2. The van der Waals surface area contributed by atoms with Crippen LogP contribution in [0, 0.1) is 29.6 Å². The van der Waals surface area contributed by atoms with Gasteiger partial charge >= 0.3 is 0 Å². The fourth-order valence-electron chi connectivity index (χ4n) is 6.18. The molecule has 3 atom stereocenters. The van der Waals surface area contributed by atoms with Gasteiger partial charge in [0.25, 0.3) is 0 Å². The standard InChI is InChI=1S/C34H51F/c1-10-34(35)20-14-12-16-30(21-26(4)15-11-13-19-33(8,9)24-34)29(7)28(6)23-31-22-27(5)17-18-32(31)25(2)3/h1,21-22,31-32H,2,4,11-20,23-24H2,3,5-9H3/b29-28-,30-21?. The highest BCUT2D eigenvalue weighted by atomic mass is 19.1. The summed E-state index contributed by atoms with van der Waals surface area (Å²) < 4.78 is 15.5. The monoisotopic (exact) mass is 478 g/mol. The first-order valence-corrected chi connectivity index (χ1v) is 13.9. The van der Waals surface area contributed by atoms with Gasteiger partial charge in [-0.25, -0.2) is 4.39 Å². The summed E-state index contributed by atoms with van der Waals surface area (Å²) in [6.07, 6.45) is 21.8. The fourth-order valence-corrected chi connectivity index (χ4v) is 6.18. The molecular formula is C34H51F. The topological polar surface area (TPSA) is 0 Å². The second-order valence-electron chi connectivity index (χ2n) is 12.5. The maximum atomic E-state index is 15.5. The molecule has 0 spiro atoms. The van der Waals surface area contributed by atoms with Crippen molar-refractivity contribution in [1.82, 2.24) is 0 Å². The van der Waals surface area contributed by atoms with Gasteiger partial charge in [-0.1, -0.05) is 73.8 Å². The minimum atomic E-state index is -1.50. The molecule has 0 saturated carbocycles. The van der Waals surface area contributed by atoms with Gasteiger partial charge in [-0.15, -0.1) is 6.42 Å². The Morgan fingerprint density at radius 3 is 2.40 bits per heavy atom. The number of rotatable bonds is 4. The van der Waals surface area contributed by atoms with Crippen molar-refractivity contribution in [2.45, 2.75) is 124 Å². The van der Waals surface area contributed by atoms with Crippen LogP contribution >= 0.6 is 0 Å². The second-order valence-corrected chi connectivity index (χ2v) is 12.5. The van der Waals surface area contributed by atoms with Gasteiger partial charge in [0, 0.05) is 0 Å². The molecule has 0 aromatic heterocycles. The van der Waals surface area contributed by atoms with Crippen molar-refractivity contribution < 1.29 is 4.39 Å². The van der Waals surface area contributed by atoms with Crippen LogP contribution in [0.4, 0.5) is 4.39 Å². The third kappa shape index (κ3) is 9.29. The highest BCUT2D eigenvalue weighted by Crippen LogP contribution is 2.40. The van der Waals surface area contributed by atoms with Crippen LogP contribution in [0.5, 0.6) is 0 Å². The Bertz CT molecular complexity index is 899. The largest absolute Gasteiger partial charge is 0.230 e. The van der Waals surface area contributed by atoms with E-state index >= 15 is 4.39 Å². The molecule has 0 radical (unpaired) electrons. The third-order valence-corrected chi connectivity index (χ3v) is 8.43. The van der Waals surface area contributed by atoms with Crippen molar-refractivity contribution in [3.8, 4) is 12.3 Å². The summed E-state index contributed by atoms with van der Waals surface area (Å²) in [5.41, 5.74) is 6.69. The summed E-state index contributed by atoms with van der Waals surface area (Å²) in [6, 6.07) is 0. The maximum absolute atomic E-state index is 15.5. The Morgan fingerprint density at radius 1 is 1.09 bits per heavy atom. The van der Waals surface area contributed by atoms with E-state index in [0.29, 0.717) is 24.7 Å². The second kappa shape index (κ2) is 12.9. The molecule has 0 aromatic carbocycles. The van der Waals surface area contributed by atoms with Crippen molar-refractivity contribution in [3.05, 3.63) is 58.7 Å². The molecule has 0 aliphatic heterocycles. The summed E-state index contributed by atoms with van der Waals surface area (Å²) in [7, 11) is 0. The van der Waals surface area contributed by atoms with Gasteiger partial charge in [-0.05, 0) is 127 Å². The van der Waals surface area contributed by atoms with E-state index in [1.54, 1.807) is 0 Å². The molecular weight excluding hydrogens is 427 g/mol. The zero-order valence-corrected chi connectivity index (χ0v) is 23.7. The van der Waals surface area contributed by atoms with E-state index < -0.39 is 5.67 Å². The number of hydrogen-bond donors (Lipinski definition) is 0. The van der Waals surface area contributed by atoms with Crippen molar-refractivity contribution in [1.29, 1.82) is 0 Å². The summed E-state index contributed by atoms with van der Waals surface area (Å²) in [5.74, 6) is 3.62. The van der Waals surface area contributed by atoms with Gasteiger partial charge in [0.1, 0.15) is 0 Å². The van der Waals surface area contributed by atoms with Crippen LogP contribution in [0.2, 0.25) is 0 Å². The van der Waals surface area contributed by atoms with Crippen LogP contribution in [-0.4, -0.2) is 5.67 Å². The number of alkyl halides is 1. The van der Waals surface area contributed by atoms with E-state index in [2.05, 4.69) is 72.8 Å². The van der Waals surface area contributed by atoms with Gasteiger partial charge in [-0.2, -0.15) is 0 Å². The van der Waals surface area contributed by atoms with E-state index in [1.165, 1.54) is 46.3 Å². The van der Waals surface area contributed by atoms with E-state index in [4.69, 9.17) is 6.42 Å². The van der Waals surface area contributed by atoms with Crippen LogP contribution in [0.15, 0.2) is 58.7 Å². The number of terminal acetylenes is 1. The van der Waals surface area contributed by atoms with Crippen LogP contribution in [0.3, 0.4) is 0 Å². The Morgan fingerprint density at radius 2 is 1.74 bits per heavy atom. The summed E-state index contributed by atoms with van der Waals surface area (Å²) in [6.45, 7) is 22.0. The SMILES string of the molecule is C#CC1(F)CCCCC(/C(C)=C(/C)CC2C=C(C)CCC2C(=C)C)=CC(=C)CCCCC(C)(C)C1. The highest BCUT2D eigenvalue weighted by molar-refractivity contribution is 5.38. The first-order valence-electron chi connectivity index (χ1n) is 13.9. The Balaban J connectivity index is 2.25. The normalized spacial score (nSPS) is 29.7. The molecule has 0 fully saturated rings. The highest BCUT2D eigenvalue weighted by Gasteiger charge is 2.34. The van der Waals surface area contributed by atoms with Gasteiger partial charge in [-0.3, -0.25) is 0 Å². The van der Waals surface area contributed by atoms with Crippen molar-refractivity contribution in [2.24, 2.45) is 17.3 Å². The smallest absolute Gasteiger partial charge is 0.171 e. The molecule has 194 valence electrons. The minimum absolute atomic E-state index is 0.0718. The maximum Gasteiger partial charge on any atom is 0.171 e. The Hall–Kier alpha value is -1.81. The molecule has 2 aliphatic rings. The quantitative estimate of drug-likeness (QED) is 0.278. The molecule has 0 heterocycles. The van der Waals surface area contributed by atoms with Crippen LogP contribution in [-0.2, 0) is 0 Å². The lowest BCUT2D eigenvalue weighted by atomic mass is 9.74. The predicted molar refractivity (Wildman–Crippen MR) is 153 cm³/mol. The van der Waals surface area contributed by atoms with Crippen molar-refractivity contribution >= 4 is 0 Å². The molecule has 1 heteroatoms. The molecule has 0 N–H and O–H groups in total. The molecule has 0 amide bonds. The van der Waals surface area contributed by atoms with Gasteiger partial charge < -0.3 is 0 Å². The van der Waals surface area contributed by atoms with E-state index in [0.717, 1.165) is 51.4 Å². The zero-order valence-electron chi connectivity index (χ0n) is 23.7. The lowest BCUT2D eigenvalue weighted by Crippen LogP contribution is -2.29. The van der Waals surface area contributed by atoms with E-state index in [-0.39, 0.29) is 5.41 Å². The van der Waals surface area contributed by atoms with E-state index in [1.807, 2.05) is 0 Å². The predicted octanol–water partition coefficient (Wildman–Crippen LogP) is 10.6. The fraction of sp³-hybridized carbons (Fsp3) is 0.647. The van der Waals surface area contributed by atoms with E-state index in [9.17, 15) is 0 Å². The molecule has 0 bridgehead atoms. The Labute approximate surface area is 216 Å². The first kappa shape index (κ1) is 29.4. The lowest BCUT2D eigenvalue weighted by Gasteiger charge is -2.32. The summed E-state index contributed by atoms with van der Waals surface area (Å²) >= 11 is 0. The van der Waals surface area contributed by atoms with Gasteiger partial charge in [0.2, 0.25) is 0 Å². The first-order chi connectivity index (χ1) is 16.4. The summed E-state index contributed by atoms with van der Waals surface area (Å²) in [5, 5.41) is 0. The molecule has 2 rings (SSSR count). The average Bonchev–Trinajstić information content (AvgIpc) is 2.77. The lowest BCUT2D eigenvalue weighted by molar-refractivity contribution is 0.126. The van der Waals surface area contributed by atoms with Crippen molar-refractivity contribution in [2.75, 3.05) is 0 Å². The molecule has 0 aromatic rings. The number of allylic oxidation sites excluding steroid dienone is 8. The third-order valence-electron chi connectivity index (χ3n) is 8.43. The van der Waals surface area contributed by atoms with Gasteiger partial charge in [0.15, 0.2) is 5.67 Å². The number of halogens is 1. The molecule has 0 nitrogen and oxygen atoms in total. The average molecular weight is 479 g/mol. The molecule has 35 heavy (non-hydrogen) atoms. The van der Waals surface area contributed by atoms with Crippen molar-refractivity contribution in [3.63, 3.8) is 0 Å². The minimum Gasteiger partial charge on any atom is -0.230 e.